The first-order chi connectivity index (χ1) is 10.8. The minimum atomic E-state index is -1.39. The number of nitrogens with one attached hydrogen (secondary N) is 2. The standard InChI is InChI=1S/C12H20N2O7.C2H6/c1-2-3-4-7(10(17)18)13-12(21)14-8(11(19)20)5-6-9(15)16;1-2/h7-8H,2-6H2,1H3,(H,15,16)(H,17,18)(H,19,20)(H2,13,14,21);1-2H3. The Hall–Kier alpha value is -2.32. The normalized spacial score (nSPS) is 12.1. The van der Waals surface area contributed by atoms with Crippen molar-refractivity contribution in [3.63, 3.8) is 0 Å². The van der Waals surface area contributed by atoms with E-state index in [4.69, 9.17) is 15.3 Å². The molecule has 134 valence electrons. The van der Waals surface area contributed by atoms with Gasteiger partial charge in [-0.1, -0.05) is 33.6 Å². The molecule has 0 heterocycles. The highest BCUT2D eigenvalue weighted by Crippen LogP contribution is 2.02. The molecule has 0 aliphatic rings. The third-order valence-corrected chi connectivity index (χ3v) is 2.70. The number of carboxylic acids is 3. The quantitative estimate of drug-likeness (QED) is 0.403. The van der Waals surface area contributed by atoms with Crippen LogP contribution in [0.25, 0.3) is 0 Å². The molecule has 0 aromatic carbocycles. The number of unbranched alkanes of at least 4 members (excludes halogenated alkanes) is 1. The van der Waals surface area contributed by atoms with Crippen LogP contribution in [0.3, 0.4) is 0 Å². The van der Waals surface area contributed by atoms with Gasteiger partial charge in [-0.3, -0.25) is 4.79 Å². The van der Waals surface area contributed by atoms with E-state index in [9.17, 15) is 19.2 Å². The molecule has 0 rings (SSSR count). The van der Waals surface area contributed by atoms with E-state index in [0.29, 0.717) is 6.42 Å². The molecule has 0 aromatic rings. The molecule has 2 amide bonds. The molecule has 0 fully saturated rings. The summed E-state index contributed by atoms with van der Waals surface area (Å²) in [4.78, 5) is 43.8. The maximum atomic E-state index is 11.6. The van der Waals surface area contributed by atoms with E-state index in [1.807, 2.05) is 20.8 Å². The van der Waals surface area contributed by atoms with Gasteiger partial charge in [0.05, 0.1) is 0 Å². The molecular weight excluding hydrogens is 308 g/mol. The van der Waals surface area contributed by atoms with Crippen LogP contribution in [0.1, 0.15) is 52.9 Å². The highest BCUT2D eigenvalue weighted by Gasteiger charge is 2.24. The minimum absolute atomic E-state index is 0.228. The topological polar surface area (TPSA) is 153 Å². The zero-order chi connectivity index (χ0) is 18.4. The van der Waals surface area contributed by atoms with Gasteiger partial charge in [-0.2, -0.15) is 0 Å². The summed E-state index contributed by atoms with van der Waals surface area (Å²) < 4.78 is 0. The molecule has 0 saturated heterocycles. The van der Waals surface area contributed by atoms with Gasteiger partial charge in [-0.25, -0.2) is 14.4 Å². The highest BCUT2D eigenvalue weighted by atomic mass is 16.4. The molecular formula is C14H26N2O7. The van der Waals surface area contributed by atoms with Gasteiger partial charge >= 0.3 is 23.9 Å². The molecule has 2 unspecified atom stereocenters. The molecule has 0 radical (unpaired) electrons. The van der Waals surface area contributed by atoms with E-state index < -0.39 is 42.4 Å². The predicted molar refractivity (Wildman–Crippen MR) is 82.3 cm³/mol. The van der Waals surface area contributed by atoms with E-state index in [1.54, 1.807) is 0 Å². The SMILES string of the molecule is CC.CCCCC(NC(=O)NC(CCC(=O)O)C(=O)O)C(=O)O. The van der Waals surface area contributed by atoms with Crippen molar-refractivity contribution in [1.29, 1.82) is 0 Å². The average molecular weight is 334 g/mol. The second-order valence-corrected chi connectivity index (χ2v) is 4.47. The lowest BCUT2D eigenvalue weighted by Gasteiger charge is -2.18. The Labute approximate surface area is 135 Å². The van der Waals surface area contributed by atoms with Gasteiger partial charge in [0, 0.05) is 6.42 Å². The van der Waals surface area contributed by atoms with Gasteiger partial charge in [-0.05, 0) is 12.8 Å². The third-order valence-electron chi connectivity index (χ3n) is 2.70. The fourth-order valence-corrected chi connectivity index (χ4v) is 1.55. The summed E-state index contributed by atoms with van der Waals surface area (Å²) in [6.45, 7) is 5.87. The maximum absolute atomic E-state index is 11.6. The molecule has 0 spiro atoms. The van der Waals surface area contributed by atoms with Crippen molar-refractivity contribution in [3.8, 4) is 0 Å². The van der Waals surface area contributed by atoms with Crippen molar-refractivity contribution in [2.45, 2.75) is 65.0 Å². The third kappa shape index (κ3) is 12.0. The lowest BCUT2D eigenvalue weighted by atomic mass is 10.1. The molecule has 0 bridgehead atoms. The maximum Gasteiger partial charge on any atom is 0.326 e. The zero-order valence-electron chi connectivity index (χ0n) is 13.7. The largest absolute Gasteiger partial charge is 0.481 e. The summed E-state index contributed by atoms with van der Waals surface area (Å²) in [6, 6.07) is -3.45. The van der Waals surface area contributed by atoms with Crippen molar-refractivity contribution in [1.82, 2.24) is 10.6 Å². The van der Waals surface area contributed by atoms with E-state index in [2.05, 4.69) is 10.6 Å². The lowest BCUT2D eigenvalue weighted by Crippen LogP contribution is -2.51. The minimum Gasteiger partial charge on any atom is -0.481 e. The molecule has 5 N–H and O–H groups in total. The first-order valence-corrected chi connectivity index (χ1v) is 7.52. The summed E-state index contributed by atoms with van der Waals surface area (Å²) in [7, 11) is 0. The Balaban J connectivity index is 0. The first-order valence-electron chi connectivity index (χ1n) is 7.52. The van der Waals surface area contributed by atoms with Gasteiger partial charge in [-0.15, -0.1) is 0 Å². The number of amides is 2. The Morgan fingerprint density at radius 3 is 1.65 bits per heavy atom. The number of urea groups is 1. The van der Waals surface area contributed by atoms with Crippen LogP contribution >= 0.6 is 0 Å². The lowest BCUT2D eigenvalue weighted by molar-refractivity contribution is -0.140. The van der Waals surface area contributed by atoms with Crippen LogP contribution in [0.15, 0.2) is 0 Å². The van der Waals surface area contributed by atoms with Crippen LogP contribution in [-0.4, -0.2) is 51.3 Å². The molecule has 2 atom stereocenters. The van der Waals surface area contributed by atoms with Crippen LogP contribution < -0.4 is 10.6 Å². The predicted octanol–water partition coefficient (Wildman–Crippen LogP) is 1.27. The van der Waals surface area contributed by atoms with Crippen molar-refractivity contribution in [3.05, 3.63) is 0 Å². The fraction of sp³-hybridized carbons (Fsp3) is 0.714. The summed E-state index contributed by atoms with van der Waals surface area (Å²) in [5.41, 5.74) is 0. The summed E-state index contributed by atoms with van der Waals surface area (Å²) >= 11 is 0. The van der Waals surface area contributed by atoms with E-state index in [1.165, 1.54) is 0 Å². The van der Waals surface area contributed by atoms with Gasteiger partial charge in [0.2, 0.25) is 0 Å². The Kier molecular flexibility index (Phi) is 13.3. The van der Waals surface area contributed by atoms with Gasteiger partial charge in [0.1, 0.15) is 12.1 Å². The Morgan fingerprint density at radius 1 is 0.870 bits per heavy atom. The number of hydrogen-bond donors (Lipinski definition) is 5. The van der Waals surface area contributed by atoms with Gasteiger partial charge < -0.3 is 26.0 Å². The summed E-state index contributed by atoms with van der Waals surface area (Å²) in [5.74, 6) is -3.78. The summed E-state index contributed by atoms with van der Waals surface area (Å²) in [5, 5.41) is 30.5. The van der Waals surface area contributed by atoms with E-state index in [0.717, 1.165) is 6.42 Å². The fourth-order valence-electron chi connectivity index (χ4n) is 1.55. The van der Waals surface area contributed by atoms with E-state index >= 15 is 0 Å². The van der Waals surface area contributed by atoms with Crippen LogP contribution in [0.5, 0.6) is 0 Å². The molecule has 0 aromatic heterocycles. The number of rotatable bonds is 10. The molecule has 0 aliphatic carbocycles. The average Bonchev–Trinajstić information content (AvgIpc) is 2.48. The highest BCUT2D eigenvalue weighted by molar-refractivity contribution is 5.86. The van der Waals surface area contributed by atoms with Crippen LogP contribution in [0, 0.1) is 0 Å². The van der Waals surface area contributed by atoms with Crippen molar-refractivity contribution >= 4 is 23.9 Å². The van der Waals surface area contributed by atoms with Gasteiger partial charge in [0.25, 0.3) is 0 Å². The van der Waals surface area contributed by atoms with Crippen molar-refractivity contribution < 1.29 is 34.5 Å². The zero-order valence-corrected chi connectivity index (χ0v) is 13.7. The van der Waals surface area contributed by atoms with Crippen LogP contribution in [0.4, 0.5) is 4.79 Å². The Bertz CT molecular complexity index is 399. The molecule has 0 saturated carbocycles. The second kappa shape index (κ2) is 13.4. The monoisotopic (exact) mass is 334 g/mol. The number of hydrogen-bond acceptors (Lipinski definition) is 4. The molecule has 9 nitrogen and oxygen atoms in total. The number of carboxylic acid groups (broad SMARTS) is 3. The van der Waals surface area contributed by atoms with Gasteiger partial charge in [0.15, 0.2) is 0 Å². The number of aliphatic carboxylic acids is 3. The first kappa shape index (κ1) is 23.0. The van der Waals surface area contributed by atoms with E-state index in [-0.39, 0.29) is 12.8 Å². The Morgan fingerprint density at radius 2 is 1.30 bits per heavy atom. The molecule has 9 heteroatoms. The van der Waals surface area contributed by atoms with Crippen molar-refractivity contribution in [2.75, 3.05) is 0 Å². The number of carbonyl (C=O) groups is 4. The molecule has 23 heavy (non-hydrogen) atoms. The summed E-state index contributed by atoms with van der Waals surface area (Å²) in [6.07, 6.45) is 0.869. The van der Waals surface area contributed by atoms with Crippen LogP contribution in [-0.2, 0) is 14.4 Å². The second-order valence-electron chi connectivity index (χ2n) is 4.47. The number of carbonyl (C=O) groups excluding carboxylic acids is 1. The molecule has 0 aliphatic heterocycles. The van der Waals surface area contributed by atoms with Crippen LogP contribution in [0.2, 0.25) is 0 Å². The smallest absolute Gasteiger partial charge is 0.326 e. The van der Waals surface area contributed by atoms with Crippen molar-refractivity contribution in [2.24, 2.45) is 0 Å².